The van der Waals surface area contributed by atoms with Gasteiger partial charge in [0.15, 0.2) is 0 Å². The first-order valence-corrected chi connectivity index (χ1v) is 10.4. The SMILES string of the molecule is CC(=O)NC(C)c1ccc(OC2CCN(c3ccc(OCC4CC4)cc3)C2)cn1. The van der Waals surface area contributed by atoms with Crippen LogP contribution >= 0.6 is 0 Å². The van der Waals surface area contributed by atoms with Crippen LogP contribution in [0.5, 0.6) is 11.5 Å². The molecule has 29 heavy (non-hydrogen) atoms. The van der Waals surface area contributed by atoms with E-state index in [1.54, 1.807) is 6.20 Å². The number of nitrogens with one attached hydrogen (secondary N) is 1. The van der Waals surface area contributed by atoms with E-state index in [1.165, 1.54) is 25.5 Å². The summed E-state index contributed by atoms with van der Waals surface area (Å²) in [4.78, 5) is 17.9. The Labute approximate surface area is 172 Å². The van der Waals surface area contributed by atoms with Gasteiger partial charge in [0, 0.05) is 25.6 Å². The summed E-state index contributed by atoms with van der Waals surface area (Å²) in [6, 6.07) is 12.1. The molecule has 2 aromatic rings. The highest BCUT2D eigenvalue weighted by molar-refractivity contribution is 5.73. The molecule has 2 heterocycles. The summed E-state index contributed by atoms with van der Waals surface area (Å²) in [6.45, 7) is 6.09. The molecule has 154 valence electrons. The van der Waals surface area contributed by atoms with Crippen molar-refractivity contribution in [2.45, 2.75) is 45.3 Å². The maximum atomic E-state index is 11.2. The molecule has 2 aliphatic rings. The fourth-order valence-electron chi connectivity index (χ4n) is 3.60. The Morgan fingerprint density at radius 1 is 1.17 bits per heavy atom. The van der Waals surface area contributed by atoms with E-state index >= 15 is 0 Å². The first-order valence-electron chi connectivity index (χ1n) is 10.4. The number of ether oxygens (including phenoxy) is 2. The topological polar surface area (TPSA) is 63.7 Å². The minimum Gasteiger partial charge on any atom is -0.493 e. The van der Waals surface area contributed by atoms with Gasteiger partial charge in [-0.3, -0.25) is 9.78 Å². The maximum Gasteiger partial charge on any atom is 0.217 e. The van der Waals surface area contributed by atoms with E-state index in [4.69, 9.17) is 9.47 Å². The summed E-state index contributed by atoms with van der Waals surface area (Å²) >= 11 is 0. The number of benzene rings is 1. The molecule has 1 N–H and O–H groups in total. The molecule has 4 rings (SSSR count). The third kappa shape index (κ3) is 5.40. The van der Waals surface area contributed by atoms with Crippen molar-refractivity contribution < 1.29 is 14.3 Å². The quantitative estimate of drug-likeness (QED) is 0.738. The van der Waals surface area contributed by atoms with Gasteiger partial charge in [-0.25, -0.2) is 0 Å². The zero-order chi connectivity index (χ0) is 20.2. The zero-order valence-electron chi connectivity index (χ0n) is 17.1. The molecule has 1 aliphatic carbocycles. The Bertz CT molecular complexity index is 818. The molecular weight excluding hydrogens is 366 g/mol. The molecule has 1 aromatic carbocycles. The molecule has 1 amide bonds. The summed E-state index contributed by atoms with van der Waals surface area (Å²) in [5.74, 6) is 2.42. The number of carbonyl (C=O) groups is 1. The first kappa shape index (κ1) is 19.6. The summed E-state index contributed by atoms with van der Waals surface area (Å²) in [6.07, 6.45) is 5.47. The van der Waals surface area contributed by atoms with E-state index in [-0.39, 0.29) is 18.1 Å². The highest BCUT2D eigenvalue weighted by atomic mass is 16.5. The predicted octanol–water partition coefficient (Wildman–Crippen LogP) is 3.73. The Balaban J connectivity index is 1.27. The first-order chi connectivity index (χ1) is 14.1. The molecule has 2 fully saturated rings. The van der Waals surface area contributed by atoms with Crippen molar-refractivity contribution in [3.8, 4) is 11.5 Å². The third-order valence-corrected chi connectivity index (χ3v) is 5.45. The predicted molar refractivity (Wildman–Crippen MR) is 112 cm³/mol. The van der Waals surface area contributed by atoms with E-state index in [2.05, 4.69) is 39.5 Å². The standard InChI is InChI=1S/C23H29N3O3/c1-16(25-17(2)27)23-10-9-21(13-24-23)29-22-11-12-26(14-22)19-5-7-20(8-6-19)28-15-18-3-4-18/h5-10,13,16,18,22H,3-4,11-12,14-15H2,1-2H3,(H,25,27). The van der Waals surface area contributed by atoms with Gasteiger partial charge in [0.05, 0.1) is 31.1 Å². The summed E-state index contributed by atoms with van der Waals surface area (Å²) in [5.41, 5.74) is 2.03. The summed E-state index contributed by atoms with van der Waals surface area (Å²) in [5, 5.41) is 2.84. The van der Waals surface area contributed by atoms with Crippen molar-refractivity contribution in [1.82, 2.24) is 10.3 Å². The average Bonchev–Trinajstić information content (AvgIpc) is 3.44. The molecule has 0 radical (unpaired) electrons. The number of nitrogens with zero attached hydrogens (tertiary/aromatic N) is 2. The Hall–Kier alpha value is -2.76. The lowest BCUT2D eigenvalue weighted by molar-refractivity contribution is -0.119. The van der Waals surface area contributed by atoms with Gasteiger partial charge in [0.1, 0.15) is 17.6 Å². The number of hydrogen-bond acceptors (Lipinski definition) is 5. The number of hydrogen-bond donors (Lipinski definition) is 1. The van der Waals surface area contributed by atoms with Crippen LogP contribution in [0.4, 0.5) is 5.69 Å². The van der Waals surface area contributed by atoms with Gasteiger partial charge in [-0.15, -0.1) is 0 Å². The van der Waals surface area contributed by atoms with Crippen LogP contribution in [-0.2, 0) is 4.79 Å². The Kier molecular flexibility index (Phi) is 5.88. The molecule has 1 saturated carbocycles. The number of pyridine rings is 1. The van der Waals surface area contributed by atoms with Gasteiger partial charge < -0.3 is 19.7 Å². The molecule has 0 bridgehead atoms. The third-order valence-electron chi connectivity index (χ3n) is 5.45. The van der Waals surface area contributed by atoms with Crippen molar-refractivity contribution in [3.63, 3.8) is 0 Å². The number of carbonyl (C=O) groups excluding carboxylic acids is 1. The zero-order valence-corrected chi connectivity index (χ0v) is 17.1. The lowest BCUT2D eigenvalue weighted by Crippen LogP contribution is -2.25. The second-order valence-electron chi connectivity index (χ2n) is 8.06. The van der Waals surface area contributed by atoms with Crippen molar-refractivity contribution in [2.24, 2.45) is 5.92 Å². The molecule has 0 spiro atoms. The van der Waals surface area contributed by atoms with Crippen LogP contribution in [0, 0.1) is 5.92 Å². The van der Waals surface area contributed by atoms with E-state index in [0.29, 0.717) is 0 Å². The van der Waals surface area contributed by atoms with Gasteiger partial charge in [-0.05, 0) is 62.1 Å². The molecule has 2 unspecified atom stereocenters. The van der Waals surface area contributed by atoms with Gasteiger partial charge in [0.25, 0.3) is 0 Å². The molecule has 1 aliphatic heterocycles. The largest absolute Gasteiger partial charge is 0.493 e. The van der Waals surface area contributed by atoms with Crippen molar-refractivity contribution >= 4 is 11.6 Å². The Morgan fingerprint density at radius 2 is 1.93 bits per heavy atom. The molecule has 1 aromatic heterocycles. The van der Waals surface area contributed by atoms with E-state index in [1.807, 2.05) is 19.1 Å². The lowest BCUT2D eigenvalue weighted by atomic mass is 10.2. The molecule has 2 atom stereocenters. The van der Waals surface area contributed by atoms with Gasteiger partial charge in [0.2, 0.25) is 5.91 Å². The molecule has 1 saturated heterocycles. The van der Waals surface area contributed by atoms with Crippen LogP contribution in [0.15, 0.2) is 42.6 Å². The van der Waals surface area contributed by atoms with Gasteiger partial charge in [-0.1, -0.05) is 0 Å². The minimum absolute atomic E-state index is 0.0619. The average molecular weight is 396 g/mol. The highest BCUT2D eigenvalue weighted by Gasteiger charge is 2.25. The molecule has 6 nitrogen and oxygen atoms in total. The van der Waals surface area contributed by atoms with Crippen LogP contribution in [0.2, 0.25) is 0 Å². The van der Waals surface area contributed by atoms with Crippen LogP contribution in [-0.4, -0.2) is 36.7 Å². The number of anilines is 1. The lowest BCUT2D eigenvalue weighted by Gasteiger charge is -2.19. The fraction of sp³-hybridized carbons (Fsp3) is 0.478. The second kappa shape index (κ2) is 8.72. The van der Waals surface area contributed by atoms with Crippen molar-refractivity contribution in [1.29, 1.82) is 0 Å². The van der Waals surface area contributed by atoms with Gasteiger partial charge in [-0.2, -0.15) is 0 Å². The Morgan fingerprint density at radius 3 is 2.59 bits per heavy atom. The van der Waals surface area contributed by atoms with Gasteiger partial charge >= 0.3 is 0 Å². The second-order valence-corrected chi connectivity index (χ2v) is 8.06. The maximum absolute atomic E-state index is 11.2. The van der Waals surface area contributed by atoms with E-state index < -0.39 is 0 Å². The smallest absolute Gasteiger partial charge is 0.217 e. The van der Waals surface area contributed by atoms with E-state index in [0.717, 1.165) is 49.2 Å². The minimum atomic E-state index is -0.111. The molecule has 6 heteroatoms. The summed E-state index contributed by atoms with van der Waals surface area (Å²) in [7, 11) is 0. The summed E-state index contributed by atoms with van der Waals surface area (Å²) < 4.78 is 11.9. The van der Waals surface area contributed by atoms with E-state index in [9.17, 15) is 4.79 Å². The number of aromatic nitrogens is 1. The normalized spacial score (nSPS) is 19.7. The van der Waals surface area contributed by atoms with Crippen LogP contribution in [0.3, 0.4) is 0 Å². The van der Waals surface area contributed by atoms with Crippen LogP contribution in [0.1, 0.15) is 44.8 Å². The monoisotopic (exact) mass is 395 g/mol. The van der Waals surface area contributed by atoms with Crippen molar-refractivity contribution in [2.75, 3.05) is 24.6 Å². The van der Waals surface area contributed by atoms with Crippen LogP contribution < -0.4 is 19.7 Å². The van der Waals surface area contributed by atoms with Crippen LogP contribution in [0.25, 0.3) is 0 Å². The highest BCUT2D eigenvalue weighted by Crippen LogP contribution is 2.30. The molecular formula is C23H29N3O3. The number of rotatable bonds is 8. The number of amides is 1. The van der Waals surface area contributed by atoms with Crippen molar-refractivity contribution in [3.05, 3.63) is 48.3 Å². The fourth-order valence-corrected chi connectivity index (χ4v) is 3.60.